The molecule has 2 aromatic carbocycles. The highest BCUT2D eigenvalue weighted by Gasteiger charge is 2.19. The number of benzene rings is 2. The third kappa shape index (κ3) is 4.38. The highest BCUT2D eigenvalue weighted by atomic mass is 32.2. The number of carbonyl (C=O) groups is 1. The van der Waals surface area contributed by atoms with Crippen LogP contribution in [0.3, 0.4) is 0 Å². The number of nitrogens with one attached hydrogen (secondary N) is 1. The Balaban J connectivity index is 1.55. The summed E-state index contributed by atoms with van der Waals surface area (Å²) in [6.07, 6.45) is 1.72. The van der Waals surface area contributed by atoms with E-state index < -0.39 is 5.82 Å². The van der Waals surface area contributed by atoms with Crippen LogP contribution in [0.25, 0.3) is 22.6 Å². The summed E-state index contributed by atoms with van der Waals surface area (Å²) in [4.78, 5) is 12.4. The zero-order valence-corrected chi connectivity index (χ0v) is 18.4. The van der Waals surface area contributed by atoms with Crippen LogP contribution < -0.4 is 10.1 Å². The summed E-state index contributed by atoms with van der Waals surface area (Å²) in [5, 5.41) is 12.7. The van der Waals surface area contributed by atoms with Crippen molar-refractivity contribution in [3.05, 3.63) is 66.5 Å². The van der Waals surface area contributed by atoms with Crippen LogP contribution in [0.2, 0.25) is 0 Å². The number of rotatable bonds is 8. The van der Waals surface area contributed by atoms with Gasteiger partial charge in [-0.15, -0.1) is 16.8 Å². The summed E-state index contributed by atoms with van der Waals surface area (Å²) in [5.41, 5.74) is 1.85. The maximum Gasteiger partial charge on any atom is 0.234 e. The topological polar surface area (TPSA) is 82.2 Å². The molecule has 2 heterocycles. The van der Waals surface area contributed by atoms with Crippen LogP contribution in [0, 0.1) is 12.7 Å². The number of anilines is 1. The fourth-order valence-corrected chi connectivity index (χ4v) is 3.97. The summed E-state index contributed by atoms with van der Waals surface area (Å²) >= 11 is 1.22. The standard InChI is InChI=1S/C23H21FN4O3S/c1-4-10-28-22(19-11-15-6-5-7-18(30-3)21(15)31-19)26-27-23(28)32-13-20(29)25-17-12-16(24)9-8-14(17)2/h4-9,11-12H,1,10,13H2,2-3H3,(H,25,29). The van der Waals surface area contributed by atoms with E-state index in [1.807, 2.05) is 28.8 Å². The SMILES string of the molecule is C=CCn1c(SCC(=O)Nc2cc(F)ccc2C)nnc1-c1cc2cccc(OC)c2o1. The first-order chi connectivity index (χ1) is 15.5. The third-order valence-corrected chi connectivity index (χ3v) is 5.75. The average Bonchev–Trinajstić information content (AvgIpc) is 3.38. The highest BCUT2D eigenvalue weighted by Crippen LogP contribution is 2.34. The molecule has 0 aliphatic carbocycles. The van der Waals surface area contributed by atoms with Crippen LogP contribution in [-0.2, 0) is 11.3 Å². The molecule has 0 spiro atoms. The number of para-hydroxylation sites is 1. The Morgan fingerprint density at radius 2 is 2.16 bits per heavy atom. The lowest BCUT2D eigenvalue weighted by Gasteiger charge is -2.09. The molecule has 9 heteroatoms. The molecule has 1 N–H and O–H groups in total. The number of ether oxygens (including phenoxy) is 1. The van der Waals surface area contributed by atoms with Gasteiger partial charge in [0.15, 0.2) is 22.2 Å². The van der Waals surface area contributed by atoms with Crippen molar-refractivity contribution >= 4 is 34.3 Å². The van der Waals surface area contributed by atoms with E-state index in [-0.39, 0.29) is 11.7 Å². The van der Waals surface area contributed by atoms with E-state index >= 15 is 0 Å². The minimum atomic E-state index is -0.406. The number of hydrogen-bond donors (Lipinski definition) is 1. The Kier molecular flexibility index (Phi) is 6.27. The predicted molar refractivity (Wildman–Crippen MR) is 122 cm³/mol. The van der Waals surface area contributed by atoms with Crippen molar-refractivity contribution in [1.82, 2.24) is 14.8 Å². The van der Waals surface area contributed by atoms with Gasteiger partial charge in [0, 0.05) is 17.6 Å². The zero-order chi connectivity index (χ0) is 22.7. The molecule has 0 saturated carbocycles. The Morgan fingerprint density at radius 1 is 1.31 bits per heavy atom. The van der Waals surface area contributed by atoms with Gasteiger partial charge in [-0.2, -0.15) is 0 Å². The molecule has 1 amide bonds. The number of aryl methyl sites for hydroxylation is 1. The quantitative estimate of drug-likeness (QED) is 0.297. The molecule has 0 unspecified atom stereocenters. The monoisotopic (exact) mass is 452 g/mol. The number of furan rings is 1. The van der Waals surface area contributed by atoms with Gasteiger partial charge in [0.1, 0.15) is 5.82 Å². The van der Waals surface area contributed by atoms with E-state index in [4.69, 9.17) is 9.15 Å². The molecule has 2 aromatic heterocycles. The molecule has 0 fully saturated rings. The number of aromatic nitrogens is 3. The average molecular weight is 453 g/mol. The molecule has 164 valence electrons. The first-order valence-electron chi connectivity index (χ1n) is 9.80. The van der Waals surface area contributed by atoms with Gasteiger partial charge in [-0.25, -0.2) is 4.39 Å². The highest BCUT2D eigenvalue weighted by molar-refractivity contribution is 7.99. The van der Waals surface area contributed by atoms with Crippen molar-refractivity contribution in [2.45, 2.75) is 18.6 Å². The Labute approximate surface area is 188 Å². The second kappa shape index (κ2) is 9.27. The van der Waals surface area contributed by atoms with Crippen LogP contribution in [0.5, 0.6) is 5.75 Å². The summed E-state index contributed by atoms with van der Waals surface area (Å²) in [7, 11) is 1.59. The lowest BCUT2D eigenvalue weighted by molar-refractivity contribution is -0.113. The summed E-state index contributed by atoms with van der Waals surface area (Å²) < 4.78 is 26.7. The molecule has 0 radical (unpaired) electrons. The van der Waals surface area contributed by atoms with Crippen LogP contribution in [0.1, 0.15) is 5.56 Å². The van der Waals surface area contributed by atoms with E-state index in [0.29, 0.717) is 40.3 Å². The van der Waals surface area contributed by atoms with E-state index in [2.05, 4.69) is 22.1 Å². The van der Waals surface area contributed by atoms with Gasteiger partial charge in [0.2, 0.25) is 11.7 Å². The smallest absolute Gasteiger partial charge is 0.234 e. The van der Waals surface area contributed by atoms with Crippen molar-refractivity contribution in [3.8, 4) is 17.3 Å². The predicted octanol–water partition coefficient (Wildman–Crippen LogP) is 5.06. The van der Waals surface area contributed by atoms with E-state index in [9.17, 15) is 9.18 Å². The number of carbonyl (C=O) groups excluding carboxylic acids is 1. The van der Waals surface area contributed by atoms with Crippen LogP contribution in [0.4, 0.5) is 10.1 Å². The Hall–Kier alpha value is -3.59. The van der Waals surface area contributed by atoms with Gasteiger partial charge in [-0.3, -0.25) is 9.36 Å². The fraction of sp³-hybridized carbons (Fsp3) is 0.174. The fourth-order valence-electron chi connectivity index (χ4n) is 3.22. The number of allylic oxidation sites excluding steroid dienone is 1. The van der Waals surface area contributed by atoms with Gasteiger partial charge >= 0.3 is 0 Å². The number of methoxy groups -OCH3 is 1. The summed E-state index contributed by atoms with van der Waals surface area (Å²) in [6.45, 7) is 6.04. The number of nitrogens with zero attached hydrogens (tertiary/aromatic N) is 3. The second-order valence-electron chi connectivity index (χ2n) is 6.99. The van der Waals surface area contributed by atoms with Crippen molar-refractivity contribution in [2.75, 3.05) is 18.2 Å². The molecule has 0 bridgehead atoms. The molecule has 0 aliphatic heterocycles. The lowest BCUT2D eigenvalue weighted by atomic mass is 10.2. The third-order valence-electron chi connectivity index (χ3n) is 4.78. The van der Waals surface area contributed by atoms with Gasteiger partial charge in [0.25, 0.3) is 0 Å². The first kappa shape index (κ1) is 21.6. The van der Waals surface area contributed by atoms with E-state index in [1.54, 1.807) is 26.2 Å². The minimum Gasteiger partial charge on any atom is -0.493 e. The zero-order valence-electron chi connectivity index (χ0n) is 17.6. The number of hydrogen-bond acceptors (Lipinski definition) is 6. The molecular weight excluding hydrogens is 431 g/mol. The summed E-state index contributed by atoms with van der Waals surface area (Å²) in [5.74, 6) is 1.09. The first-order valence-corrected chi connectivity index (χ1v) is 10.8. The maximum atomic E-state index is 13.5. The molecule has 0 aliphatic rings. The number of fused-ring (bicyclic) bond motifs is 1. The van der Waals surface area contributed by atoms with Crippen molar-refractivity contribution in [2.24, 2.45) is 0 Å². The van der Waals surface area contributed by atoms with E-state index in [1.165, 1.54) is 23.9 Å². The lowest BCUT2D eigenvalue weighted by Crippen LogP contribution is -2.15. The normalized spacial score (nSPS) is 11.0. The van der Waals surface area contributed by atoms with E-state index in [0.717, 1.165) is 10.9 Å². The van der Waals surface area contributed by atoms with Crippen molar-refractivity contribution in [1.29, 1.82) is 0 Å². The second-order valence-corrected chi connectivity index (χ2v) is 7.93. The number of amides is 1. The molecule has 4 aromatic rings. The maximum absolute atomic E-state index is 13.5. The van der Waals surface area contributed by atoms with Gasteiger partial charge < -0.3 is 14.5 Å². The minimum absolute atomic E-state index is 0.0825. The molecular formula is C23H21FN4O3S. The van der Waals surface area contributed by atoms with Gasteiger partial charge in [-0.1, -0.05) is 36.0 Å². The van der Waals surface area contributed by atoms with Gasteiger partial charge in [-0.05, 0) is 36.8 Å². The summed E-state index contributed by atoms with van der Waals surface area (Å²) in [6, 6.07) is 11.8. The molecule has 7 nitrogen and oxygen atoms in total. The van der Waals surface area contributed by atoms with Crippen molar-refractivity contribution in [3.63, 3.8) is 0 Å². The Bertz CT molecular complexity index is 1300. The number of halogens is 1. The van der Waals surface area contributed by atoms with Crippen LogP contribution in [0.15, 0.2) is 64.7 Å². The van der Waals surface area contributed by atoms with Crippen molar-refractivity contribution < 1.29 is 18.3 Å². The largest absolute Gasteiger partial charge is 0.493 e. The molecule has 0 atom stereocenters. The number of thioether (sulfide) groups is 1. The van der Waals surface area contributed by atoms with Crippen LogP contribution in [-0.4, -0.2) is 33.5 Å². The van der Waals surface area contributed by atoms with Crippen LogP contribution >= 0.6 is 11.8 Å². The molecule has 32 heavy (non-hydrogen) atoms. The molecule has 0 saturated heterocycles. The van der Waals surface area contributed by atoms with Gasteiger partial charge in [0.05, 0.1) is 12.9 Å². The molecule has 4 rings (SSSR count). The Morgan fingerprint density at radius 3 is 2.94 bits per heavy atom.